The molecule has 0 aliphatic rings. The molecule has 0 radical (unpaired) electrons. The van der Waals surface area contributed by atoms with Crippen LogP contribution in [0.3, 0.4) is 0 Å². The van der Waals surface area contributed by atoms with Crippen LogP contribution in [0.5, 0.6) is 0 Å². The van der Waals surface area contributed by atoms with E-state index in [1.165, 1.54) is 0 Å². The van der Waals surface area contributed by atoms with Gasteiger partial charge in [-0.3, -0.25) is 4.68 Å². The summed E-state index contributed by atoms with van der Waals surface area (Å²) >= 11 is 9.79. The predicted octanol–water partition coefficient (Wildman–Crippen LogP) is 3.72. The van der Waals surface area contributed by atoms with Gasteiger partial charge in [-0.05, 0) is 30.5 Å². The first-order valence-electron chi connectivity index (χ1n) is 6.63. The Hall–Kier alpha value is -0.840. The molecule has 1 aromatic carbocycles. The number of hydrogen-bond acceptors (Lipinski definition) is 2. The van der Waals surface area contributed by atoms with Crippen LogP contribution in [-0.2, 0) is 19.9 Å². The second kappa shape index (κ2) is 6.74. The van der Waals surface area contributed by atoms with E-state index in [0.29, 0.717) is 6.42 Å². The van der Waals surface area contributed by atoms with Crippen molar-refractivity contribution >= 4 is 27.5 Å². The quantitative estimate of drug-likeness (QED) is 0.885. The number of nitrogens with zero attached hydrogens (tertiary/aromatic N) is 2. The number of halogens is 2. The zero-order chi connectivity index (χ0) is 14.7. The van der Waals surface area contributed by atoms with Crippen molar-refractivity contribution in [3.8, 4) is 0 Å². The third kappa shape index (κ3) is 3.25. The Bertz CT molecular complexity index is 580. The smallest absolute Gasteiger partial charge is 0.0849 e. The minimum Gasteiger partial charge on any atom is -0.396 e. The average Bonchev–Trinajstić information content (AvgIpc) is 2.72. The molecular formula is C15H18BrClN2O. The molecule has 2 aromatic rings. The summed E-state index contributed by atoms with van der Waals surface area (Å²) in [6.45, 7) is 2.13. The standard InChI is InChI=1S/C15H18BrClN2O/c1-3-13-15(17)14(19(2)18-13)8-11(9-20)10-4-6-12(16)7-5-10/h4-7,11,20H,3,8-9H2,1-2H3. The molecule has 1 aromatic heterocycles. The second-order valence-corrected chi connectivity index (χ2v) is 6.11. The number of aromatic nitrogens is 2. The van der Waals surface area contributed by atoms with Crippen molar-refractivity contribution < 1.29 is 5.11 Å². The normalized spacial score (nSPS) is 12.7. The molecule has 0 spiro atoms. The molecule has 2 rings (SSSR count). The summed E-state index contributed by atoms with van der Waals surface area (Å²) in [5.41, 5.74) is 2.99. The minimum absolute atomic E-state index is 0.0284. The van der Waals surface area contributed by atoms with Crippen LogP contribution in [0.4, 0.5) is 0 Å². The molecule has 1 atom stereocenters. The first kappa shape index (κ1) is 15.5. The van der Waals surface area contributed by atoms with Crippen molar-refractivity contribution in [2.24, 2.45) is 7.05 Å². The average molecular weight is 358 g/mol. The van der Waals surface area contributed by atoms with Gasteiger partial charge >= 0.3 is 0 Å². The molecule has 108 valence electrons. The Labute approximate surface area is 132 Å². The number of hydrogen-bond donors (Lipinski definition) is 1. The third-order valence-electron chi connectivity index (χ3n) is 3.50. The summed E-state index contributed by atoms with van der Waals surface area (Å²) in [5, 5.41) is 14.8. The molecule has 1 unspecified atom stereocenters. The molecule has 1 heterocycles. The third-order valence-corrected chi connectivity index (χ3v) is 4.47. The molecule has 0 aliphatic carbocycles. The molecule has 1 N–H and O–H groups in total. The van der Waals surface area contributed by atoms with E-state index >= 15 is 0 Å². The van der Waals surface area contributed by atoms with Crippen LogP contribution < -0.4 is 0 Å². The van der Waals surface area contributed by atoms with Crippen LogP contribution in [0.15, 0.2) is 28.7 Å². The monoisotopic (exact) mass is 356 g/mol. The SMILES string of the molecule is CCc1nn(C)c(CC(CO)c2ccc(Br)cc2)c1Cl. The lowest BCUT2D eigenvalue weighted by Crippen LogP contribution is -2.11. The molecule has 0 bridgehead atoms. The number of aryl methyl sites for hydroxylation is 2. The van der Waals surface area contributed by atoms with Gasteiger partial charge in [-0.2, -0.15) is 5.10 Å². The van der Waals surface area contributed by atoms with E-state index in [0.717, 1.165) is 32.9 Å². The zero-order valence-corrected chi connectivity index (χ0v) is 13.9. The second-order valence-electron chi connectivity index (χ2n) is 4.82. The Balaban J connectivity index is 2.26. The summed E-state index contributed by atoms with van der Waals surface area (Å²) < 4.78 is 2.85. The van der Waals surface area contributed by atoms with E-state index in [1.54, 1.807) is 0 Å². The zero-order valence-electron chi connectivity index (χ0n) is 11.6. The number of aliphatic hydroxyl groups excluding tert-OH is 1. The predicted molar refractivity (Wildman–Crippen MR) is 85.3 cm³/mol. The molecule has 0 fully saturated rings. The maximum Gasteiger partial charge on any atom is 0.0849 e. The van der Waals surface area contributed by atoms with Crippen LogP contribution in [-0.4, -0.2) is 21.5 Å². The fourth-order valence-corrected chi connectivity index (χ4v) is 2.93. The van der Waals surface area contributed by atoms with Crippen molar-refractivity contribution in [3.05, 3.63) is 50.7 Å². The fourth-order valence-electron chi connectivity index (χ4n) is 2.30. The minimum atomic E-state index is 0.0284. The lowest BCUT2D eigenvalue weighted by Gasteiger charge is -2.15. The summed E-state index contributed by atoms with van der Waals surface area (Å²) in [6, 6.07) is 8.02. The molecule has 3 nitrogen and oxygen atoms in total. The number of rotatable bonds is 5. The fraction of sp³-hybridized carbons (Fsp3) is 0.400. The molecule has 0 saturated carbocycles. The summed E-state index contributed by atoms with van der Waals surface area (Å²) in [7, 11) is 1.90. The van der Waals surface area contributed by atoms with Crippen LogP contribution >= 0.6 is 27.5 Å². The van der Waals surface area contributed by atoms with Gasteiger partial charge in [-0.25, -0.2) is 0 Å². The lowest BCUT2D eigenvalue weighted by molar-refractivity contribution is 0.263. The Morgan fingerprint density at radius 2 is 2.00 bits per heavy atom. The Kier molecular flexibility index (Phi) is 5.24. The largest absolute Gasteiger partial charge is 0.396 e. The van der Waals surface area contributed by atoms with Gasteiger partial charge in [0, 0.05) is 17.4 Å². The Morgan fingerprint density at radius 3 is 2.50 bits per heavy atom. The first-order valence-corrected chi connectivity index (χ1v) is 7.80. The molecule has 5 heteroatoms. The molecular weight excluding hydrogens is 340 g/mol. The van der Waals surface area contributed by atoms with Crippen molar-refractivity contribution in [1.82, 2.24) is 9.78 Å². The van der Waals surface area contributed by atoms with Gasteiger partial charge < -0.3 is 5.11 Å². The first-order chi connectivity index (χ1) is 9.56. The van der Waals surface area contributed by atoms with Crippen molar-refractivity contribution in [2.75, 3.05) is 6.61 Å². The van der Waals surface area contributed by atoms with Gasteiger partial charge in [0.1, 0.15) is 0 Å². The van der Waals surface area contributed by atoms with Gasteiger partial charge in [0.25, 0.3) is 0 Å². The van der Waals surface area contributed by atoms with E-state index in [4.69, 9.17) is 11.6 Å². The van der Waals surface area contributed by atoms with Gasteiger partial charge in [0.15, 0.2) is 0 Å². The topological polar surface area (TPSA) is 38.0 Å². The van der Waals surface area contributed by atoms with Crippen LogP contribution in [0.1, 0.15) is 29.8 Å². The highest BCUT2D eigenvalue weighted by molar-refractivity contribution is 9.10. The van der Waals surface area contributed by atoms with Crippen molar-refractivity contribution in [3.63, 3.8) is 0 Å². The van der Waals surface area contributed by atoms with Crippen molar-refractivity contribution in [2.45, 2.75) is 25.7 Å². The molecule has 0 saturated heterocycles. The molecule has 20 heavy (non-hydrogen) atoms. The van der Waals surface area contributed by atoms with E-state index in [9.17, 15) is 5.11 Å². The van der Waals surface area contributed by atoms with E-state index in [-0.39, 0.29) is 12.5 Å². The van der Waals surface area contributed by atoms with Gasteiger partial charge in [0.05, 0.1) is 23.0 Å². The van der Waals surface area contributed by atoms with Gasteiger partial charge in [0.2, 0.25) is 0 Å². The maximum absolute atomic E-state index is 9.67. The number of benzene rings is 1. The summed E-state index contributed by atoms with van der Waals surface area (Å²) in [5.74, 6) is 0.0284. The van der Waals surface area contributed by atoms with Crippen molar-refractivity contribution in [1.29, 1.82) is 0 Å². The summed E-state index contributed by atoms with van der Waals surface area (Å²) in [4.78, 5) is 0. The van der Waals surface area contributed by atoms with Crippen LogP contribution in [0.25, 0.3) is 0 Å². The highest BCUT2D eigenvalue weighted by Crippen LogP contribution is 2.28. The van der Waals surface area contributed by atoms with Gasteiger partial charge in [-0.1, -0.05) is 46.6 Å². The summed E-state index contributed by atoms with van der Waals surface area (Å²) in [6.07, 6.45) is 1.50. The Morgan fingerprint density at radius 1 is 1.35 bits per heavy atom. The van der Waals surface area contributed by atoms with Gasteiger partial charge in [-0.15, -0.1) is 0 Å². The van der Waals surface area contributed by atoms with Crippen LogP contribution in [0.2, 0.25) is 5.02 Å². The molecule has 0 aliphatic heterocycles. The van der Waals surface area contributed by atoms with Crippen LogP contribution in [0, 0.1) is 0 Å². The van der Waals surface area contributed by atoms with E-state index in [1.807, 2.05) is 42.9 Å². The van der Waals surface area contributed by atoms with E-state index in [2.05, 4.69) is 21.0 Å². The molecule has 0 amide bonds. The maximum atomic E-state index is 9.67. The highest BCUT2D eigenvalue weighted by Gasteiger charge is 2.18. The number of aliphatic hydroxyl groups is 1. The highest BCUT2D eigenvalue weighted by atomic mass is 79.9. The van der Waals surface area contributed by atoms with E-state index < -0.39 is 0 Å². The lowest BCUT2D eigenvalue weighted by atomic mass is 9.95.